The molecule has 0 unspecified atom stereocenters. The van der Waals surface area contributed by atoms with Gasteiger partial charge in [-0.2, -0.15) is 0 Å². The maximum Gasteiger partial charge on any atom is 0.265 e. The van der Waals surface area contributed by atoms with Gasteiger partial charge < -0.3 is 4.90 Å². The summed E-state index contributed by atoms with van der Waals surface area (Å²) < 4.78 is 2.60. The molecule has 6 heteroatoms. The van der Waals surface area contributed by atoms with E-state index in [4.69, 9.17) is 4.98 Å². The number of amides is 1. The molecule has 1 aromatic heterocycles. The zero-order chi connectivity index (χ0) is 23.1. The zero-order valence-electron chi connectivity index (χ0n) is 18.6. The smallest absolute Gasteiger partial charge is 0.265 e. The van der Waals surface area contributed by atoms with Crippen LogP contribution in [-0.4, -0.2) is 22.0 Å². The van der Waals surface area contributed by atoms with E-state index in [1.807, 2.05) is 72.5 Å². The summed E-state index contributed by atoms with van der Waals surface area (Å²) in [6, 6.07) is 21.2. The molecule has 33 heavy (non-hydrogen) atoms. The minimum Gasteiger partial charge on any atom is -0.312 e. The van der Waals surface area contributed by atoms with Crippen LogP contribution in [0.15, 0.2) is 76.0 Å². The van der Waals surface area contributed by atoms with E-state index in [1.54, 1.807) is 10.6 Å². The summed E-state index contributed by atoms with van der Waals surface area (Å²) in [6.45, 7) is 4.73. The van der Waals surface area contributed by atoms with Crippen LogP contribution < -0.4 is 10.5 Å². The Morgan fingerprint density at radius 1 is 1.00 bits per heavy atom. The molecule has 2 heterocycles. The molecular weight excluding hydrogens is 478 g/mol. The lowest BCUT2D eigenvalue weighted by Crippen LogP contribution is -2.31. The number of aromatic nitrogens is 2. The molecule has 0 aliphatic carbocycles. The summed E-state index contributed by atoms with van der Waals surface area (Å²) >= 11 is 3.56. The molecule has 4 aromatic rings. The molecule has 0 radical (unpaired) electrons. The number of aryl methyl sites for hydroxylation is 1. The molecule has 0 N–H and O–H groups in total. The van der Waals surface area contributed by atoms with Gasteiger partial charge in [0.25, 0.3) is 5.56 Å². The molecule has 3 aromatic carbocycles. The molecule has 166 valence electrons. The van der Waals surface area contributed by atoms with Crippen LogP contribution in [0.1, 0.15) is 36.2 Å². The second kappa shape index (κ2) is 8.60. The molecule has 0 saturated heterocycles. The Balaban J connectivity index is 1.70. The summed E-state index contributed by atoms with van der Waals surface area (Å²) in [7, 11) is 0. The predicted molar refractivity (Wildman–Crippen MR) is 135 cm³/mol. The largest absolute Gasteiger partial charge is 0.312 e. The minimum absolute atomic E-state index is 0.0585. The Kier molecular flexibility index (Phi) is 5.62. The lowest BCUT2D eigenvalue weighted by molar-refractivity contribution is -0.119. The average molecular weight is 502 g/mol. The van der Waals surface area contributed by atoms with Gasteiger partial charge in [0.15, 0.2) is 0 Å². The SMILES string of the molecule is CCCN1C(=O)[C@H](Cc2nc3ccccc3c(=O)n2-c2cccc(C)c2)c2cc(Br)ccc21. The number of anilines is 1. The number of halogens is 1. The number of carbonyl (C=O) groups is 1. The molecular formula is C27H24BrN3O2. The first-order chi connectivity index (χ1) is 16.0. The van der Waals surface area contributed by atoms with Crippen LogP contribution in [-0.2, 0) is 11.2 Å². The number of fused-ring (bicyclic) bond motifs is 2. The molecule has 1 aliphatic rings. The van der Waals surface area contributed by atoms with Gasteiger partial charge in [-0.25, -0.2) is 4.98 Å². The fourth-order valence-corrected chi connectivity index (χ4v) is 5.05. The maximum absolute atomic E-state index is 13.6. The number of para-hydroxylation sites is 1. The summed E-state index contributed by atoms with van der Waals surface area (Å²) in [6.07, 6.45) is 1.21. The van der Waals surface area contributed by atoms with Crippen molar-refractivity contribution in [2.24, 2.45) is 0 Å². The maximum atomic E-state index is 13.6. The third kappa shape index (κ3) is 3.78. The van der Waals surface area contributed by atoms with Crippen LogP contribution in [0.5, 0.6) is 0 Å². The lowest BCUT2D eigenvalue weighted by atomic mass is 9.96. The van der Waals surface area contributed by atoms with Gasteiger partial charge >= 0.3 is 0 Å². The topological polar surface area (TPSA) is 55.2 Å². The number of rotatable bonds is 5. The Labute approximate surface area is 200 Å². The van der Waals surface area contributed by atoms with Crippen molar-refractivity contribution in [3.05, 3.63) is 98.5 Å². The van der Waals surface area contributed by atoms with E-state index in [2.05, 4.69) is 22.9 Å². The molecule has 5 rings (SSSR count). The van der Waals surface area contributed by atoms with E-state index in [0.717, 1.165) is 33.4 Å². The molecule has 0 spiro atoms. The van der Waals surface area contributed by atoms with E-state index in [0.29, 0.717) is 29.7 Å². The van der Waals surface area contributed by atoms with Crippen LogP contribution in [0, 0.1) is 6.92 Å². The Bertz CT molecular complexity index is 1440. The number of hydrogen-bond donors (Lipinski definition) is 0. The highest BCUT2D eigenvalue weighted by Crippen LogP contribution is 2.40. The normalized spacial score (nSPS) is 15.3. The molecule has 1 amide bonds. The van der Waals surface area contributed by atoms with Gasteiger partial charge in [-0.05, 0) is 66.9 Å². The third-order valence-corrected chi connectivity index (χ3v) is 6.65. The number of hydrogen-bond acceptors (Lipinski definition) is 3. The molecule has 0 fully saturated rings. The Morgan fingerprint density at radius 2 is 1.82 bits per heavy atom. The predicted octanol–water partition coefficient (Wildman–Crippen LogP) is 5.54. The van der Waals surface area contributed by atoms with E-state index < -0.39 is 5.92 Å². The molecule has 5 nitrogen and oxygen atoms in total. The van der Waals surface area contributed by atoms with E-state index in [1.165, 1.54) is 0 Å². The van der Waals surface area contributed by atoms with Crippen molar-refractivity contribution in [3.63, 3.8) is 0 Å². The van der Waals surface area contributed by atoms with Crippen molar-refractivity contribution < 1.29 is 4.79 Å². The first-order valence-corrected chi connectivity index (χ1v) is 12.0. The number of benzene rings is 3. The van der Waals surface area contributed by atoms with E-state index in [-0.39, 0.29) is 11.5 Å². The second-order valence-electron chi connectivity index (χ2n) is 8.47. The highest BCUT2D eigenvalue weighted by Gasteiger charge is 2.38. The minimum atomic E-state index is -0.395. The van der Waals surface area contributed by atoms with Gasteiger partial charge in [-0.15, -0.1) is 0 Å². The fraction of sp³-hybridized carbons (Fsp3) is 0.222. The van der Waals surface area contributed by atoms with E-state index >= 15 is 0 Å². The average Bonchev–Trinajstić information content (AvgIpc) is 3.05. The van der Waals surface area contributed by atoms with Gasteiger partial charge in [0.2, 0.25) is 5.91 Å². The Morgan fingerprint density at radius 3 is 2.61 bits per heavy atom. The van der Waals surface area contributed by atoms with Crippen LogP contribution in [0.25, 0.3) is 16.6 Å². The summed E-state index contributed by atoms with van der Waals surface area (Å²) in [5.41, 5.74) is 4.26. The van der Waals surface area contributed by atoms with Crippen LogP contribution in [0.3, 0.4) is 0 Å². The first-order valence-electron chi connectivity index (χ1n) is 11.2. The van der Waals surface area contributed by atoms with Crippen molar-refractivity contribution in [1.29, 1.82) is 0 Å². The zero-order valence-corrected chi connectivity index (χ0v) is 20.2. The second-order valence-corrected chi connectivity index (χ2v) is 9.39. The first kappa shape index (κ1) is 21.6. The van der Waals surface area contributed by atoms with Crippen molar-refractivity contribution in [2.45, 2.75) is 32.6 Å². The van der Waals surface area contributed by atoms with Gasteiger partial charge in [-0.1, -0.05) is 47.1 Å². The highest BCUT2D eigenvalue weighted by molar-refractivity contribution is 9.10. The van der Waals surface area contributed by atoms with Gasteiger partial charge in [0.1, 0.15) is 5.82 Å². The highest BCUT2D eigenvalue weighted by atomic mass is 79.9. The monoisotopic (exact) mass is 501 g/mol. The van der Waals surface area contributed by atoms with Crippen molar-refractivity contribution in [3.8, 4) is 5.69 Å². The lowest BCUT2D eigenvalue weighted by Gasteiger charge is -2.18. The Hall–Kier alpha value is -3.25. The molecule has 1 atom stereocenters. The molecule has 0 bridgehead atoms. The number of carbonyl (C=O) groups excluding carboxylic acids is 1. The van der Waals surface area contributed by atoms with Crippen molar-refractivity contribution in [2.75, 3.05) is 11.4 Å². The van der Waals surface area contributed by atoms with Crippen LogP contribution >= 0.6 is 15.9 Å². The van der Waals surface area contributed by atoms with Gasteiger partial charge in [-0.3, -0.25) is 14.2 Å². The third-order valence-electron chi connectivity index (χ3n) is 6.16. The van der Waals surface area contributed by atoms with E-state index in [9.17, 15) is 9.59 Å². The standard InChI is InChI=1S/C27H24BrN3O2/c1-3-13-30-24-12-11-18(28)15-21(24)22(26(30)32)16-25-29-23-10-5-4-9-20(23)27(33)31(25)19-8-6-7-17(2)14-19/h4-12,14-15,22H,3,13,16H2,1-2H3/t22-/m1/s1. The van der Waals surface area contributed by atoms with Crippen molar-refractivity contribution in [1.82, 2.24) is 9.55 Å². The summed E-state index contributed by atoms with van der Waals surface area (Å²) in [5.74, 6) is 0.253. The van der Waals surface area contributed by atoms with Gasteiger partial charge in [0.05, 0.1) is 22.5 Å². The van der Waals surface area contributed by atoms with Crippen LogP contribution in [0.2, 0.25) is 0 Å². The summed E-state index contributed by atoms with van der Waals surface area (Å²) in [4.78, 5) is 33.9. The molecule has 1 aliphatic heterocycles. The van der Waals surface area contributed by atoms with Gasteiger partial charge in [0, 0.05) is 23.1 Å². The summed E-state index contributed by atoms with van der Waals surface area (Å²) in [5, 5.41) is 0.566. The quantitative estimate of drug-likeness (QED) is 0.360. The number of nitrogens with zero attached hydrogens (tertiary/aromatic N) is 3. The van der Waals surface area contributed by atoms with Crippen molar-refractivity contribution >= 4 is 38.4 Å². The fourth-order valence-electron chi connectivity index (χ4n) is 4.67. The van der Waals surface area contributed by atoms with Crippen LogP contribution in [0.4, 0.5) is 5.69 Å². The molecule has 0 saturated carbocycles.